The van der Waals surface area contributed by atoms with Crippen molar-refractivity contribution < 1.29 is 19.0 Å². The minimum atomic E-state index is -0.110. The van der Waals surface area contributed by atoms with E-state index < -0.39 is 0 Å². The lowest BCUT2D eigenvalue weighted by Crippen LogP contribution is -2.22. The second kappa shape index (κ2) is 8.67. The predicted molar refractivity (Wildman–Crippen MR) is 62.6 cm³/mol. The molecule has 0 bridgehead atoms. The number of carbonyl (C=O) groups is 1. The molecule has 0 aromatic rings. The van der Waals surface area contributed by atoms with Crippen LogP contribution in [0.4, 0.5) is 0 Å². The molecule has 0 unspecified atom stereocenters. The van der Waals surface area contributed by atoms with Crippen LogP contribution in [0.25, 0.3) is 0 Å². The van der Waals surface area contributed by atoms with E-state index in [1.165, 1.54) is 0 Å². The van der Waals surface area contributed by atoms with Gasteiger partial charge in [-0.3, -0.25) is 4.79 Å². The van der Waals surface area contributed by atoms with Crippen molar-refractivity contribution in [1.82, 2.24) is 0 Å². The van der Waals surface area contributed by atoms with E-state index in [2.05, 4.69) is 0 Å². The Labute approximate surface area is 98.3 Å². The van der Waals surface area contributed by atoms with Crippen molar-refractivity contribution in [3.8, 4) is 0 Å². The third kappa shape index (κ3) is 13.5. The van der Waals surface area contributed by atoms with Gasteiger partial charge in [0.1, 0.15) is 5.78 Å². The van der Waals surface area contributed by atoms with Gasteiger partial charge < -0.3 is 14.2 Å². The van der Waals surface area contributed by atoms with Crippen LogP contribution in [0.2, 0.25) is 0 Å². The summed E-state index contributed by atoms with van der Waals surface area (Å²) in [5, 5.41) is 0. The number of carbonyl (C=O) groups excluding carboxylic acids is 1. The van der Waals surface area contributed by atoms with Crippen LogP contribution in [-0.4, -0.2) is 44.4 Å². The van der Waals surface area contributed by atoms with E-state index in [-0.39, 0.29) is 11.4 Å². The first-order chi connectivity index (χ1) is 7.42. The van der Waals surface area contributed by atoms with Crippen molar-refractivity contribution >= 4 is 5.78 Å². The normalized spacial score (nSPS) is 11.8. The Bertz CT molecular complexity index is 184. The molecule has 4 heteroatoms. The third-order valence-electron chi connectivity index (χ3n) is 1.73. The van der Waals surface area contributed by atoms with Crippen molar-refractivity contribution in [3.05, 3.63) is 0 Å². The molecule has 0 rings (SSSR count). The number of ether oxygens (including phenoxy) is 3. The van der Waals surface area contributed by atoms with Crippen molar-refractivity contribution in [1.29, 1.82) is 0 Å². The molecule has 0 heterocycles. The highest BCUT2D eigenvalue weighted by Crippen LogP contribution is 2.05. The monoisotopic (exact) mass is 232 g/mol. The van der Waals surface area contributed by atoms with Gasteiger partial charge in [0.25, 0.3) is 0 Å². The quantitative estimate of drug-likeness (QED) is 0.569. The predicted octanol–water partition coefficient (Wildman–Crippen LogP) is 1.81. The van der Waals surface area contributed by atoms with E-state index in [4.69, 9.17) is 14.2 Å². The highest BCUT2D eigenvalue weighted by atomic mass is 16.5. The number of ketones is 1. The molecular weight excluding hydrogens is 208 g/mol. The smallest absolute Gasteiger partial charge is 0.132 e. The molecule has 96 valence electrons. The summed E-state index contributed by atoms with van der Waals surface area (Å²) >= 11 is 0. The molecule has 0 amide bonds. The van der Waals surface area contributed by atoms with Gasteiger partial charge in [-0.2, -0.15) is 0 Å². The topological polar surface area (TPSA) is 44.8 Å². The fourth-order valence-electron chi connectivity index (χ4n) is 0.945. The zero-order chi connectivity index (χ0) is 12.4. The van der Waals surface area contributed by atoms with Gasteiger partial charge in [0.15, 0.2) is 0 Å². The Morgan fingerprint density at radius 1 is 0.938 bits per heavy atom. The standard InChI is InChI=1S/C12H24O4/c1-11(13)5-6-14-7-8-15-9-10-16-12(2,3)4/h5-10H2,1-4H3. The molecule has 0 saturated heterocycles. The van der Waals surface area contributed by atoms with Gasteiger partial charge in [-0.05, 0) is 27.7 Å². The van der Waals surface area contributed by atoms with Gasteiger partial charge in [0.2, 0.25) is 0 Å². The molecular formula is C12H24O4. The minimum Gasteiger partial charge on any atom is -0.379 e. The Balaban J connectivity index is 3.07. The molecule has 16 heavy (non-hydrogen) atoms. The molecule has 0 N–H and O–H groups in total. The van der Waals surface area contributed by atoms with Crippen LogP contribution in [0.1, 0.15) is 34.1 Å². The maximum atomic E-state index is 10.6. The van der Waals surface area contributed by atoms with Crippen LogP contribution in [0, 0.1) is 0 Å². The summed E-state index contributed by atoms with van der Waals surface area (Å²) < 4.78 is 16.0. The van der Waals surface area contributed by atoms with Crippen LogP contribution in [0.15, 0.2) is 0 Å². The highest BCUT2D eigenvalue weighted by Gasteiger charge is 2.08. The average Bonchev–Trinajstić information content (AvgIpc) is 2.13. The van der Waals surface area contributed by atoms with E-state index in [9.17, 15) is 4.79 Å². The number of hydrogen-bond acceptors (Lipinski definition) is 4. The molecule has 0 spiro atoms. The molecule has 0 aromatic heterocycles. The molecule has 0 aliphatic rings. The molecule has 0 saturated carbocycles. The number of hydrogen-bond donors (Lipinski definition) is 0. The average molecular weight is 232 g/mol. The van der Waals surface area contributed by atoms with Gasteiger partial charge in [0, 0.05) is 6.42 Å². The Morgan fingerprint density at radius 3 is 1.94 bits per heavy atom. The maximum Gasteiger partial charge on any atom is 0.132 e. The second-order valence-electron chi connectivity index (χ2n) is 4.64. The van der Waals surface area contributed by atoms with Crippen LogP contribution in [-0.2, 0) is 19.0 Å². The Morgan fingerprint density at radius 2 is 1.44 bits per heavy atom. The zero-order valence-electron chi connectivity index (χ0n) is 10.9. The van der Waals surface area contributed by atoms with Crippen molar-refractivity contribution in [2.75, 3.05) is 33.0 Å². The Hall–Kier alpha value is -0.450. The summed E-state index contributed by atoms with van der Waals surface area (Å²) in [6, 6.07) is 0. The molecule has 0 aromatic carbocycles. The van der Waals surface area contributed by atoms with Crippen LogP contribution >= 0.6 is 0 Å². The van der Waals surface area contributed by atoms with E-state index >= 15 is 0 Å². The number of Topliss-reactive ketones (excluding diaryl/α,β-unsaturated/α-hetero) is 1. The maximum absolute atomic E-state index is 10.6. The van der Waals surface area contributed by atoms with Crippen LogP contribution in [0.5, 0.6) is 0 Å². The van der Waals surface area contributed by atoms with E-state index in [0.29, 0.717) is 39.5 Å². The summed E-state index contributed by atoms with van der Waals surface area (Å²) in [6.07, 6.45) is 0.479. The molecule has 4 nitrogen and oxygen atoms in total. The lowest BCUT2D eigenvalue weighted by Gasteiger charge is -2.19. The first-order valence-electron chi connectivity index (χ1n) is 5.71. The largest absolute Gasteiger partial charge is 0.379 e. The summed E-state index contributed by atoms with van der Waals surface area (Å²) in [4.78, 5) is 10.6. The summed E-state index contributed by atoms with van der Waals surface area (Å²) in [6.45, 7) is 10.3. The minimum absolute atomic E-state index is 0.110. The van der Waals surface area contributed by atoms with Crippen molar-refractivity contribution in [3.63, 3.8) is 0 Å². The zero-order valence-corrected chi connectivity index (χ0v) is 10.9. The summed E-state index contributed by atoms with van der Waals surface area (Å²) in [7, 11) is 0. The third-order valence-corrected chi connectivity index (χ3v) is 1.73. The fourth-order valence-corrected chi connectivity index (χ4v) is 0.945. The summed E-state index contributed by atoms with van der Waals surface area (Å²) in [5.41, 5.74) is -0.110. The van der Waals surface area contributed by atoms with Crippen molar-refractivity contribution in [2.45, 2.75) is 39.7 Å². The molecule has 0 aliphatic carbocycles. The van der Waals surface area contributed by atoms with Gasteiger partial charge in [-0.15, -0.1) is 0 Å². The molecule has 0 fully saturated rings. The first kappa shape index (κ1) is 15.6. The van der Waals surface area contributed by atoms with Crippen molar-refractivity contribution in [2.24, 2.45) is 0 Å². The summed E-state index contributed by atoms with van der Waals surface area (Å²) in [5.74, 6) is 0.152. The van der Waals surface area contributed by atoms with Crippen LogP contribution in [0.3, 0.4) is 0 Å². The number of rotatable bonds is 9. The Kier molecular flexibility index (Phi) is 8.43. The van der Waals surface area contributed by atoms with E-state index in [1.54, 1.807) is 6.92 Å². The molecule has 0 radical (unpaired) electrons. The lowest BCUT2D eigenvalue weighted by molar-refractivity contribution is -0.118. The first-order valence-corrected chi connectivity index (χ1v) is 5.71. The molecule has 0 aliphatic heterocycles. The van der Waals surface area contributed by atoms with E-state index in [1.807, 2.05) is 20.8 Å². The SMILES string of the molecule is CC(=O)CCOCCOCCOC(C)(C)C. The van der Waals surface area contributed by atoms with Gasteiger partial charge in [-0.25, -0.2) is 0 Å². The van der Waals surface area contributed by atoms with Gasteiger partial charge in [-0.1, -0.05) is 0 Å². The lowest BCUT2D eigenvalue weighted by atomic mass is 10.2. The molecule has 0 atom stereocenters. The van der Waals surface area contributed by atoms with E-state index in [0.717, 1.165) is 0 Å². The van der Waals surface area contributed by atoms with Crippen LogP contribution < -0.4 is 0 Å². The second-order valence-corrected chi connectivity index (χ2v) is 4.64. The van der Waals surface area contributed by atoms with Gasteiger partial charge >= 0.3 is 0 Å². The van der Waals surface area contributed by atoms with Gasteiger partial charge in [0.05, 0.1) is 38.6 Å². The highest BCUT2D eigenvalue weighted by molar-refractivity contribution is 5.75. The fraction of sp³-hybridized carbons (Fsp3) is 0.917.